The Hall–Kier alpha value is -3.66. The second kappa shape index (κ2) is 11.0. The largest absolute Gasteiger partial charge is 0.507 e. The molecule has 0 saturated carbocycles. The van der Waals surface area contributed by atoms with Crippen LogP contribution in [-0.2, 0) is 0 Å². The quantitative estimate of drug-likeness (QED) is 0.252. The number of aromatic nitrogens is 1. The standard InChI is InChI=1S/C27H27ClN4O5.ClH/c1-36-23-9-15-8-20(31-19(15)10-24(23)37-2)27(35)32-13-16(12-28)25-17-4-3-14(26(34)30-6-5-29)7-18(17)22(33)11-21(25)32;/h3-4,7-11,16,31,33H,5-6,12-13,29H2,1-2H3,(H,30,34);1H. The number of hydrogen-bond acceptors (Lipinski definition) is 6. The minimum Gasteiger partial charge on any atom is -0.507 e. The molecule has 0 aliphatic carbocycles. The van der Waals surface area contributed by atoms with Crippen LogP contribution < -0.4 is 25.4 Å². The topological polar surface area (TPSA) is 130 Å². The summed E-state index contributed by atoms with van der Waals surface area (Å²) in [5.74, 6) is 0.707. The fraction of sp³-hybridized carbons (Fsp3) is 0.259. The first-order chi connectivity index (χ1) is 17.9. The molecule has 0 saturated heterocycles. The minimum absolute atomic E-state index is 0. The van der Waals surface area contributed by atoms with Crippen molar-refractivity contribution < 1.29 is 24.2 Å². The summed E-state index contributed by atoms with van der Waals surface area (Å²) in [5, 5.41) is 15.7. The molecule has 4 aromatic rings. The van der Waals surface area contributed by atoms with E-state index in [1.54, 1.807) is 55.5 Å². The number of aromatic amines is 1. The molecule has 1 aromatic heterocycles. The van der Waals surface area contributed by atoms with Crippen molar-refractivity contribution in [1.82, 2.24) is 10.3 Å². The molecule has 1 atom stereocenters. The maximum Gasteiger partial charge on any atom is 0.274 e. The van der Waals surface area contributed by atoms with Crippen LogP contribution >= 0.6 is 24.0 Å². The molecule has 0 radical (unpaired) electrons. The number of anilines is 1. The number of carbonyl (C=O) groups excluding carboxylic acids is 2. The maximum atomic E-state index is 13.7. The van der Waals surface area contributed by atoms with E-state index in [1.165, 1.54) is 0 Å². The zero-order valence-corrected chi connectivity index (χ0v) is 22.4. The predicted molar refractivity (Wildman–Crippen MR) is 151 cm³/mol. The number of phenols is 1. The van der Waals surface area contributed by atoms with Gasteiger partial charge in [-0.3, -0.25) is 9.59 Å². The van der Waals surface area contributed by atoms with Crippen LogP contribution in [-0.4, -0.2) is 61.6 Å². The monoisotopic (exact) mass is 558 g/mol. The number of phenolic OH excluding ortho intramolecular Hbond substituents is 1. The van der Waals surface area contributed by atoms with Gasteiger partial charge >= 0.3 is 0 Å². The van der Waals surface area contributed by atoms with Crippen molar-refractivity contribution in [2.24, 2.45) is 5.73 Å². The Kier molecular flexibility index (Phi) is 7.91. The van der Waals surface area contributed by atoms with Crippen molar-refractivity contribution in [3.63, 3.8) is 0 Å². The number of H-pyrrole nitrogens is 1. The Morgan fingerprint density at radius 1 is 1.13 bits per heavy atom. The van der Waals surface area contributed by atoms with E-state index >= 15 is 0 Å². The molecule has 0 spiro atoms. The third kappa shape index (κ3) is 4.57. The summed E-state index contributed by atoms with van der Waals surface area (Å²) in [4.78, 5) is 30.9. The normalized spacial score (nSPS) is 14.3. The highest BCUT2D eigenvalue weighted by molar-refractivity contribution is 6.19. The summed E-state index contributed by atoms with van der Waals surface area (Å²) in [6, 6.07) is 12.1. The number of amides is 2. The highest BCUT2D eigenvalue weighted by atomic mass is 35.5. The van der Waals surface area contributed by atoms with Crippen LogP contribution in [0.2, 0.25) is 0 Å². The number of benzene rings is 3. The lowest BCUT2D eigenvalue weighted by Gasteiger charge is -2.18. The van der Waals surface area contributed by atoms with Crippen LogP contribution in [0, 0.1) is 0 Å². The number of nitrogens with two attached hydrogens (primary N) is 1. The van der Waals surface area contributed by atoms with Crippen LogP contribution in [0.4, 0.5) is 5.69 Å². The fourth-order valence-corrected chi connectivity index (χ4v) is 5.20. The lowest BCUT2D eigenvalue weighted by atomic mass is 9.94. The van der Waals surface area contributed by atoms with E-state index in [0.29, 0.717) is 53.5 Å². The van der Waals surface area contributed by atoms with E-state index in [9.17, 15) is 14.7 Å². The van der Waals surface area contributed by atoms with Crippen molar-refractivity contribution in [2.75, 3.05) is 44.6 Å². The Balaban J connectivity index is 0.00000336. The number of methoxy groups -OCH3 is 2. The number of hydrogen-bond donors (Lipinski definition) is 4. The summed E-state index contributed by atoms with van der Waals surface area (Å²) in [7, 11) is 3.11. The van der Waals surface area contributed by atoms with Gasteiger partial charge in [-0.05, 0) is 35.2 Å². The summed E-state index contributed by atoms with van der Waals surface area (Å²) in [5.41, 5.74) is 8.46. The van der Waals surface area contributed by atoms with Gasteiger partial charge in [-0.2, -0.15) is 0 Å². The van der Waals surface area contributed by atoms with E-state index in [2.05, 4.69) is 10.3 Å². The molecule has 1 aliphatic rings. The highest BCUT2D eigenvalue weighted by Crippen LogP contribution is 2.46. The van der Waals surface area contributed by atoms with Crippen molar-refractivity contribution in [3.05, 3.63) is 59.3 Å². The van der Waals surface area contributed by atoms with E-state index in [-0.39, 0.29) is 41.8 Å². The molecule has 5 rings (SSSR count). The second-order valence-electron chi connectivity index (χ2n) is 8.88. The predicted octanol–water partition coefficient (Wildman–Crippen LogP) is 4.14. The number of halogens is 2. The first-order valence-corrected chi connectivity index (χ1v) is 12.3. The van der Waals surface area contributed by atoms with E-state index < -0.39 is 0 Å². The minimum atomic E-state index is -0.273. The molecule has 200 valence electrons. The molecule has 0 bridgehead atoms. The van der Waals surface area contributed by atoms with Gasteiger partial charge in [0.25, 0.3) is 11.8 Å². The van der Waals surface area contributed by atoms with E-state index in [4.69, 9.17) is 26.8 Å². The lowest BCUT2D eigenvalue weighted by Crippen LogP contribution is -2.30. The summed E-state index contributed by atoms with van der Waals surface area (Å²) in [6.45, 7) is 1.04. The number of rotatable bonds is 7. The second-order valence-corrected chi connectivity index (χ2v) is 9.19. The first kappa shape index (κ1) is 27.4. The molecule has 3 aromatic carbocycles. The number of fused-ring (bicyclic) bond motifs is 4. The van der Waals surface area contributed by atoms with Gasteiger partial charge < -0.3 is 35.5 Å². The van der Waals surface area contributed by atoms with E-state index in [1.807, 2.05) is 6.07 Å². The number of ether oxygens (including phenoxy) is 2. The number of aromatic hydroxyl groups is 1. The number of carbonyl (C=O) groups is 2. The van der Waals surface area contributed by atoms with Gasteiger partial charge in [0, 0.05) is 65.4 Å². The Bertz CT molecular complexity index is 1500. The fourth-order valence-electron chi connectivity index (χ4n) is 4.94. The summed E-state index contributed by atoms with van der Waals surface area (Å²) < 4.78 is 10.8. The van der Waals surface area contributed by atoms with Gasteiger partial charge in [0.15, 0.2) is 11.5 Å². The number of alkyl halides is 1. The highest BCUT2D eigenvalue weighted by Gasteiger charge is 2.35. The van der Waals surface area contributed by atoms with Gasteiger partial charge in [0.1, 0.15) is 11.4 Å². The Morgan fingerprint density at radius 2 is 1.87 bits per heavy atom. The average molecular weight is 559 g/mol. The Morgan fingerprint density at radius 3 is 2.55 bits per heavy atom. The zero-order valence-electron chi connectivity index (χ0n) is 20.8. The molecule has 5 N–H and O–H groups in total. The van der Waals surface area contributed by atoms with Crippen LogP contribution in [0.25, 0.3) is 21.7 Å². The molecular weight excluding hydrogens is 531 g/mol. The smallest absolute Gasteiger partial charge is 0.274 e. The maximum absolute atomic E-state index is 13.7. The first-order valence-electron chi connectivity index (χ1n) is 11.8. The molecule has 0 fully saturated rings. The molecule has 38 heavy (non-hydrogen) atoms. The van der Waals surface area contributed by atoms with Crippen molar-refractivity contribution in [3.8, 4) is 17.2 Å². The van der Waals surface area contributed by atoms with Crippen molar-refractivity contribution >= 4 is 63.2 Å². The zero-order chi connectivity index (χ0) is 26.3. The van der Waals surface area contributed by atoms with Crippen LogP contribution in [0.15, 0.2) is 42.5 Å². The molecule has 9 nitrogen and oxygen atoms in total. The molecule has 2 heterocycles. The molecule has 1 unspecified atom stereocenters. The SMILES string of the molecule is COc1cc2cc(C(=O)N3CC(CCl)c4c3cc(O)c3cc(C(=O)NCCN)ccc43)[nH]c2cc1OC.Cl. The van der Waals surface area contributed by atoms with Gasteiger partial charge in [0.2, 0.25) is 0 Å². The molecular formula is C27H28Cl2N4O5. The van der Waals surface area contributed by atoms with Gasteiger partial charge in [-0.25, -0.2) is 0 Å². The molecule has 2 amide bonds. The Labute approximate surface area is 230 Å². The average Bonchev–Trinajstić information content (AvgIpc) is 3.51. The third-order valence-corrected chi connectivity index (χ3v) is 7.09. The van der Waals surface area contributed by atoms with Gasteiger partial charge in [-0.15, -0.1) is 24.0 Å². The molecule has 11 heteroatoms. The van der Waals surface area contributed by atoms with Crippen LogP contribution in [0.3, 0.4) is 0 Å². The van der Waals surface area contributed by atoms with Crippen molar-refractivity contribution in [1.29, 1.82) is 0 Å². The van der Waals surface area contributed by atoms with Gasteiger partial charge in [-0.1, -0.05) is 6.07 Å². The van der Waals surface area contributed by atoms with E-state index in [0.717, 1.165) is 21.9 Å². The molecule has 1 aliphatic heterocycles. The lowest BCUT2D eigenvalue weighted by molar-refractivity contribution is 0.0953. The van der Waals surface area contributed by atoms with Crippen LogP contribution in [0.1, 0.15) is 32.3 Å². The number of nitrogens with zero attached hydrogens (tertiary/aromatic N) is 1. The summed E-state index contributed by atoms with van der Waals surface area (Å²) >= 11 is 6.35. The van der Waals surface area contributed by atoms with Crippen LogP contribution in [0.5, 0.6) is 17.2 Å². The summed E-state index contributed by atoms with van der Waals surface area (Å²) in [6.07, 6.45) is 0. The number of nitrogens with one attached hydrogen (secondary N) is 2. The van der Waals surface area contributed by atoms with Crippen molar-refractivity contribution in [2.45, 2.75) is 5.92 Å². The third-order valence-electron chi connectivity index (χ3n) is 6.72. The van der Waals surface area contributed by atoms with Gasteiger partial charge in [0.05, 0.1) is 19.9 Å².